The summed E-state index contributed by atoms with van der Waals surface area (Å²) in [4.78, 5) is 10.9. The summed E-state index contributed by atoms with van der Waals surface area (Å²) in [7, 11) is 0. The molecule has 0 bridgehead atoms. The second-order valence-electron chi connectivity index (χ2n) is 2.35. The second-order valence-corrected chi connectivity index (χ2v) is 4.11. The Balaban J connectivity index is 2.65. The second kappa shape index (κ2) is 4.53. The summed E-state index contributed by atoms with van der Waals surface area (Å²) in [6.45, 7) is 1.72. The van der Waals surface area contributed by atoms with E-state index >= 15 is 0 Å². The van der Waals surface area contributed by atoms with Crippen molar-refractivity contribution < 1.29 is 4.79 Å². The molecule has 0 radical (unpaired) electrons. The summed E-state index contributed by atoms with van der Waals surface area (Å²) in [5.41, 5.74) is 0. The fourth-order valence-electron chi connectivity index (χ4n) is 0.608. The predicted molar refractivity (Wildman–Crippen MR) is 54.1 cm³/mol. The summed E-state index contributed by atoms with van der Waals surface area (Å²) in [6, 6.07) is 3.14. The van der Waals surface area contributed by atoms with Crippen molar-refractivity contribution >= 4 is 39.3 Å². The Morgan fingerprint density at radius 3 is 2.77 bits per heavy atom. The highest BCUT2D eigenvalue weighted by molar-refractivity contribution is 9.10. The van der Waals surface area contributed by atoms with Crippen LogP contribution in [-0.2, 0) is 4.79 Å². The Labute approximate surface area is 88.8 Å². The zero-order valence-electron chi connectivity index (χ0n) is 6.79. The van der Waals surface area contributed by atoms with Crippen molar-refractivity contribution in [3.8, 4) is 0 Å². The topological polar surface area (TPSA) is 54.9 Å². The zero-order chi connectivity index (χ0) is 9.84. The number of carbonyl (C=O) groups is 1. The van der Waals surface area contributed by atoms with Crippen LogP contribution in [0.4, 0.5) is 5.82 Å². The van der Waals surface area contributed by atoms with Gasteiger partial charge in [0.2, 0.25) is 5.91 Å². The molecule has 1 atom stereocenters. The van der Waals surface area contributed by atoms with Crippen LogP contribution in [0.15, 0.2) is 12.1 Å². The molecule has 6 heteroatoms. The van der Waals surface area contributed by atoms with Gasteiger partial charge in [-0.15, -0.1) is 10.2 Å². The molecule has 1 aromatic heterocycles. The van der Waals surface area contributed by atoms with Gasteiger partial charge in [0.05, 0.1) is 4.83 Å². The fourth-order valence-corrected chi connectivity index (χ4v) is 0.824. The quantitative estimate of drug-likeness (QED) is 0.830. The van der Waals surface area contributed by atoms with E-state index in [1.165, 1.54) is 0 Å². The molecule has 1 N–H and O–H groups in total. The maximum atomic E-state index is 11.1. The van der Waals surface area contributed by atoms with Gasteiger partial charge in [-0.2, -0.15) is 0 Å². The number of rotatable bonds is 2. The van der Waals surface area contributed by atoms with Crippen LogP contribution in [0.1, 0.15) is 6.92 Å². The molecule has 4 nitrogen and oxygen atoms in total. The Morgan fingerprint density at radius 1 is 1.62 bits per heavy atom. The van der Waals surface area contributed by atoms with Crippen LogP contribution in [-0.4, -0.2) is 20.9 Å². The lowest BCUT2D eigenvalue weighted by Gasteiger charge is -2.03. The van der Waals surface area contributed by atoms with Crippen molar-refractivity contribution in [2.24, 2.45) is 0 Å². The number of halogens is 2. The van der Waals surface area contributed by atoms with Crippen LogP contribution in [0.25, 0.3) is 0 Å². The molecule has 1 amide bonds. The lowest BCUT2D eigenvalue weighted by molar-refractivity contribution is -0.115. The Hall–Kier alpha value is -0.680. The molecule has 1 rings (SSSR count). The van der Waals surface area contributed by atoms with Gasteiger partial charge in [-0.25, -0.2) is 0 Å². The van der Waals surface area contributed by atoms with Gasteiger partial charge in [-0.1, -0.05) is 27.5 Å². The fraction of sp³-hybridized carbons (Fsp3) is 0.286. The molecule has 0 aliphatic heterocycles. The average molecular weight is 265 g/mol. The highest BCUT2D eigenvalue weighted by Gasteiger charge is 2.09. The molecule has 0 saturated carbocycles. The molecule has 70 valence electrons. The number of alkyl halides is 1. The SMILES string of the molecule is CC(Br)C(=O)Nc1ccc(Cl)nn1. The van der Waals surface area contributed by atoms with Crippen LogP contribution < -0.4 is 5.32 Å². The summed E-state index contributed by atoms with van der Waals surface area (Å²) < 4.78 is 0. The third kappa shape index (κ3) is 3.28. The van der Waals surface area contributed by atoms with E-state index in [4.69, 9.17) is 11.6 Å². The molecular weight excluding hydrogens is 257 g/mol. The minimum absolute atomic E-state index is 0.170. The Kier molecular flexibility index (Phi) is 3.62. The maximum absolute atomic E-state index is 11.1. The Bertz CT molecular complexity index is 301. The van der Waals surface area contributed by atoms with Crippen LogP contribution in [0.5, 0.6) is 0 Å². The van der Waals surface area contributed by atoms with Crippen LogP contribution in [0.2, 0.25) is 5.15 Å². The van der Waals surface area contributed by atoms with Crippen molar-refractivity contribution in [2.45, 2.75) is 11.8 Å². The van der Waals surface area contributed by atoms with Crippen molar-refractivity contribution in [2.75, 3.05) is 5.32 Å². The van der Waals surface area contributed by atoms with Gasteiger partial charge in [0.1, 0.15) is 0 Å². The van der Waals surface area contributed by atoms with Crippen LogP contribution in [0, 0.1) is 0 Å². The number of aromatic nitrogens is 2. The molecule has 0 aliphatic rings. The molecule has 1 heterocycles. The summed E-state index contributed by atoms with van der Waals surface area (Å²) in [5, 5.41) is 10.1. The van der Waals surface area contributed by atoms with Gasteiger partial charge >= 0.3 is 0 Å². The third-order valence-electron chi connectivity index (χ3n) is 1.24. The van der Waals surface area contributed by atoms with Crippen molar-refractivity contribution in [3.05, 3.63) is 17.3 Å². The molecule has 0 aromatic carbocycles. The molecule has 0 spiro atoms. The van der Waals surface area contributed by atoms with Crippen LogP contribution >= 0.6 is 27.5 Å². The summed E-state index contributed by atoms with van der Waals surface area (Å²) >= 11 is 8.64. The van der Waals surface area contributed by atoms with Crippen molar-refractivity contribution in [1.29, 1.82) is 0 Å². The first-order valence-electron chi connectivity index (χ1n) is 3.54. The molecule has 1 unspecified atom stereocenters. The first-order valence-corrected chi connectivity index (χ1v) is 4.83. The van der Waals surface area contributed by atoms with Gasteiger partial charge in [0, 0.05) is 0 Å². The van der Waals surface area contributed by atoms with Crippen molar-refractivity contribution in [1.82, 2.24) is 10.2 Å². The molecular formula is C7H7BrClN3O. The van der Waals surface area contributed by atoms with Crippen molar-refractivity contribution in [3.63, 3.8) is 0 Å². The first-order chi connectivity index (χ1) is 6.09. The number of anilines is 1. The van der Waals surface area contributed by atoms with E-state index < -0.39 is 0 Å². The maximum Gasteiger partial charge on any atom is 0.239 e. The van der Waals surface area contributed by atoms with E-state index in [1.54, 1.807) is 19.1 Å². The minimum atomic E-state index is -0.259. The number of hydrogen-bond acceptors (Lipinski definition) is 3. The molecule has 0 fully saturated rings. The van der Waals surface area contributed by atoms with E-state index in [0.29, 0.717) is 11.0 Å². The number of nitrogens with one attached hydrogen (secondary N) is 1. The van der Waals surface area contributed by atoms with Gasteiger partial charge in [-0.3, -0.25) is 4.79 Å². The largest absolute Gasteiger partial charge is 0.308 e. The number of nitrogens with zero attached hydrogens (tertiary/aromatic N) is 2. The third-order valence-corrected chi connectivity index (χ3v) is 1.86. The van der Waals surface area contributed by atoms with Gasteiger partial charge in [-0.05, 0) is 19.1 Å². The lowest BCUT2D eigenvalue weighted by Crippen LogP contribution is -2.20. The average Bonchev–Trinajstić information content (AvgIpc) is 2.08. The standard InChI is InChI=1S/C7H7BrClN3O/c1-4(8)7(13)10-6-3-2-5(9)11-12-6/h2-4H,1H3,(H,10,12,13). The summed E-state index contributed by atoms with van der Waals surface area (Å²) in [6.07, 6.45) is 0. The molecule has 0 saturated heterocycles. The van der Waals surface area contributed by atoms with Crippen LogP contribution in [0.3, 0.4) is 0 Å². The highest BCUT2D eigenvalue weighted by atomic mass is 79.9. The zero-order valence-corrected chi connectivity index (χ0v) is 9.13. The Morgan fingerprint density at radius 2 is 2.31 bits per heavy atom. The number of amides is 1. The summed E-state index contributed by atoms with van der Waals surface area (Å²) in [5.74, 6) is 0.220. The highest BCUT2D eigenvalue weighted by Crippen LogP contribution is 2.07. The minimum Gasteiger partial charge on any atom is -0.308 e. The molecule has 13 heavy (non-hydrogen) atoms. The normalized spacial score (nSPS) is 12.2. The van der Waals surface area contributed by atoms with E-state index in [0.717, 1.165) is 0 Å². The number of hydrogen-bond donors (Lipinski definition) is 1. The first kappa shape index (κ1) is 10.4. The predicted octanol–water partition coefficient (Wildman–Crippen LogP) is 1.85. The van der Waals surface area contributed by atoms with E-state index in [9.17, 15) is 4.79 Å². The van der Waals surface area contributed by atoms with E-state index in [-0.39, 0.29) is 10.7 Å². The van der Waals surface area contributed by atoms with E-state index in [2.05, 4.69) is 31.4 Å². The smallest absolute Gasteiger partial charge is 0.239 e. The van der Waals surface area contributed by atoms with E-state index in [1.807, 2.05) is 0 Å². The van der Waals surface area contributed by atoms with Gasteiger partial charge in [0.15, 0.2) is 11.0 Å². The number of carbonyl (C=O) groups excluding carboxylic acids is 1. The lowest BCUT2D eigenvalue weighted by atomic mass is 10.4. The molecule has 1 aromatic rings. The monoisotopic (exact) mass is 263 g/mol. The van der Waals surface area contributed by atoms with Gasteiger partial charge in [0.25, 0.3) is 0 Å². The molecule has 0 aliphatic carbocycles. The van der Waals surface area contributed by atoms with Gasteiger partial charge < -0.3 is 5.32 Å².